The van der Waals surface area contributed by atoms with E-state index in [-0.39, 0.29) is 28.8 Å². The highest BCUT2D eigenvalue weighted by Crippen LogP contribution is 2.37. The van der Waals surface area contributed by atoms with E-state index in [9.17, 15) is 18.3 Å². The van der Waals surface area contributed by atoms with Crippen molar-refractivity contribution < 1.29 is 18.3 Å². The van der Waals surface area contributed by atoms with Crippen LogP contribution in [0.5, 0.6) is 0 Å². The molecule has 6 heteroatoms. The van der Waals surface area contributed by atoms with E-state index in [2.05, 4.69) is 5.32 Å². The topological polar surface area (TPSA) is 32.3 Å². The van der Waals surface area contributed by atoms with Gasteiger partial charge in [0.05, 0.1) is 6.61 Å². The largest absolute Gasteiger partial charge is 0.446 e. The molecule has 0 aliphatic heterocycles. The number of aliphatic hydroxyl groups is 1. The molecule has 1 aliphatic rings. The lowest BCUT2D eigenvalue weighted by Gasteiger charge is -2.41. The maximum absolute atomic E-state index is 12.2. The molecule has 0 atom stereocenters. The Balaban J connectivity index is 1.88. The quantitative estimate of drug-likeness (QED) is 0.816. The van der Waals surface area contributed by atoms with Gasteiger partial charge in [-0.1, -0.05) is 12.1 Å². The number of aliphatic hydroxyl groups excluding tert-OH is 1. The molecule has 1 aromatic carbocycles. The van der Waals surface area contributed by atoms with Gasteiger partial charge in [0.2, 0.25) is 0 Å². The van der Waals surface area contributed by atoms with E-state index in [1.165, 1.54) is 12.1 Å². The zero-order valence-electron chi connectivity index (χ0n) is 10.3. The third kappa shape index (κ3) is 4.12. The summed E-state index contributed by atoms with van der Waals surface area (Å²) in [5, 5.41) is 12.6. The average Bonchev–Trinajstić information content (AvgIpc) is 2.28. The van der Waals surface area contributed by atoms with E-state index in [0.29, 0.717) is 6.54 Å². The summed E-state index contributed by atoms with van der Waals surface area (Å²) < 4.78 is 36.5. The summed E-state index contributed by atoms with van der Waals surface area (Å²) >= 11 is -0.107. The first-order chi connectivity index (χ1) is 8.92. The lowest BCUT2D eigenvalue weighted by atomic mass is 9.77. The Morgan fingerprint density at radius 2 is 1.84 bits per heavy atom. The van der Waals surface area contributed by atoms with E-state index < -0.39 is 5.51 Å². The third-order valence-corrected chi connectivity index (χ3v) is 4.18. The van der Waals surface area contributed by atoms with Gasteiger partial charge in [-0.15, -0.1) is 0 Å². The predicted octanol–water partition coefficient (Wildman–Crippen LogP) is 3.30. The standard InChI is InChI=1S/C13H16F3NOS/c14-13(15,16)19-11-4-2-10(3-5-11)8-17-12(9-18)6-1-7-12/h2-5,17-18H,1,6-9H2. The first kappa shape index (κ1) is 14.7. The maximum Gasteiger partial charge on any atom is 0.446 e. The predicted molar refractivity (Wildman–Crippen MR) is 68.9 cm³/mol. The second kappa shape index (κ2) is 5.73. The van der Waals surface area contributed by atoms with Crippen molar-refractivity contribution in [2.24, 2.45) is 0 Å². The van der Waals surface area contributed by atoms with Gasteiger partial charge < -0.3 is 10.4 Å². The zero-order valence-corrected chi connectivity index (χ0v) is 11.2. The van der Waals surface area contributed by atoms with Crippen molar-refractivity contribution in [3.63, 3.8) is 0 Å². The van der Waals surface area contributed by atoms with Crippen LogP contribution in [0.25, 0.3) is 0 Å². The van der Waals surface area contributed by atoms with Crippen LogP contribution in [0.15, 0.2) is 29.2 Å². The number of halogens is 3. The molecule has 19 heavy (non-hydrogen) atoms. The van der Waals surface area contributed by atoms with Gasteiger partial charge in [-0.25, -0.2) is 0 Å². The molecule has 0 radical (unpaired) electrons. The molecule has 2 N–H and O–H groups in total. The molecule has 106 valence electrons. The second-order valence-corrected chi connectivity index (χ2v) is 5.98. The molecule has 0 aromatic heterocycles. The van der Waals surface area contributed by atoms with Crippen LogP contribution >= 0.6 is 11.8 Å². The Kier molecular flexibility index (Phi) is 4.43. The smallest absolute Gasteiger partial charge is 0.394 e. The van der Waals surface area contributed by atoms with E-state index in [1.54, 1.807) is 12.1 Å². The van der Waals surface area contributed by atoms with E-state index >= 15 is 0 Å². The molecule has 2 rings (SSSR count). The van der Waals surface area contributed by atoms with Crippen molar-refractivity contribution in [1.82, 2.24) is 5.32 Å². The van der Waals surface area contributed by atoms with Crippen LogP contribution < -0.4 is 5.32 Å². The van der Waals surface area contributed by atoms with Gasteiger partial charge in [-0.3, -0.25) is 0 Å². The van der Waals surface area contributed by atoms with E-state index in [1.807, 2.05) is 0 Å². The fourth-order valence-corrected chi connectivity index (χ4v) is 2.63. The maximum atomic E-state index is 12.2. The fourth-order valence-electron chi connectivity index (χ4n) is 2.09. The summed E-state index contributed by atoms with van der Waals surface area (Å²) in [6.45, 7) is 0.673. The number of hydrogen-bond donors (Lipinski definition) is 2. The molecule has 1 aromatic rings. The zero-order chi connectivity index (χ0) is 13.9. The number of alkyl halides is 3. The molecule has 0 unspecified atom stereocenters. The molecular weight excluding hydrogens is 275 g/mol. The fraction of sp³-hybridized carbons (Fsp3) is 0.538. The Bertz CT molecular complexity index is 409. The van der Waals surface area contributed by atoms with E-state index in [0.717, 1.165) is 24.8 Å². The summed E-state index contributed by atoms with van der Waals surface area (Å²) in [6, 6.07) is 6.32. The first-order valence-electron chi connectivity index (χ1n) is 6.13. The van der Waals surface area contributed by atoms with Gasteiger partial charge in [0.1, 0.15) is 0 Å². The molecule has 2 nitrogen and oxygen atoms in total. The van der Waals surface area contributed by atoms with Crippen LogP contribution in [0, 0.1) is 0 Å². The highest BCUT2D eigenvalue weighted by Gasteiger charge is 2.35. The Labute approximate surface area is 114 Å². The molecule has 1 saturated carbocycles. The van der Waals surface area contributed by atoms with Crippen molar-refractivity contribution in [1.29, 1.82) is 0 Å². The van der Waals surface area contributed by atoms with Crippen molar-refractivity contribution in [3.05, 3.63) is 29.8 Å². The molecule has 0 spiro atoms. The number of benzene rings is 1. The van der Waals surface area contributed by atoms with Crippen molar-refractivity contribution >= 4 is 11.8 Å². The van der Waals surface area contributed by atoms with Crippen LogP contribution in [-0.2, 0) is 6.54 Å². The molecule has 0 saturated heterocycles. The minimum Gasteiger partial charge on any atom is -0.394 e. The first-order valence-corrected chi connectivity index (χ1v) is 6.95. The molecule has 1 fully saturated rings. The van der Waals surface area contributed by atoms with Crippen molar-refractivity contribution in [3.8, 4) is 0 Å². The summed E-state index contributed by atoms with van der Waals surface area (Å²) in [7, 11) is 0. The molecule has 1 aliphatic carbocycles. The minimum absolute atomic E-state index is 0.106. The van der Waals surface area contributed by atoms with Gasteiger partial charge in [-0.05, 0) is 48.7 Å². The van der Waals surface area contributed by atoms with Crippen molar-refractivity contribution in [2.75, 3.05) is 6.61 Å². The number of nitrogens with one attached hydrogen (secondary N) is 1. The molecular formula is C13H16F3NOS. The minimum atomic E-state index is -4.24. The average molecular weight is 291 g/mol. The Hall–Kier alpha value is -0.720. The van der Waals surface area contributed by atoms with Gasteiger partial charge in [0.15, 0.2) is 0 Å². The van der Waals surface area contributed by atoms with Gasteiger partial charge >= 0.3 is 5.51 Å². The molecule has 0 amide bonds. The molecule has 0 bridgehead atoms. The van der Waals surface area contributed by atoms with Crippen LogP contribution in [0.3, 0.4) is 0 Å². The van der Waals surface area contributed by atoms with Gasteiger partial charge in [-0.2, -0.15) is 13.2 Å². The lowest BCUT2D eigenvalue weighted by Crippen LogP contribution is -2.53. The Morgan fingerprint density at radius 3 is 2.26 bits per heavy atom. The van der Waals surface area contributed by atoms with Crippen molar-refractivity contribution in [2.45, 2.75) is 41.7 Å². The number of rotatable bonds is 5. The Morgan fingerprint density at radius 1 is 1.21 bits per heavy atom. The summed E-state index contributed by atoms with van der Waals surface area (Å²) in [4.78, 5) is 0.191. The second-order valence-electron chi connectivity index (χ2n) is 4.84. The van der Waals surface area contributed by atoms with Crippen LogP contribution in [0.2, 0.25) is 0 Å². The van der Waals surface area contributed by atoms with Gasteiger partial charge in [0, 0.05) is 17.0 Å². The number of hydrogen-bond acceptors (Lipinski definition) is 3. The number of thioether (sulfide) groups is 1. The van der Waals surface area contributed by atoms with E-state index in [4.69, 9.17) is 0 Å². The highest BCUT2D eigenvalue weighted by atomic mass is 32.2. The normalized spacial score (nSPS) is 18.1. The van der Waals surface area contributed by atoms with Crippen LogP contribution in [0.4, 0.5) is 13.2 Å². The summed E-state index contributed by atoms with van der Waals surface area (Å²) in [5.41, 5.74) is -3.50. The summed E-state index contributed by atoms with van der Waals surface area (Å²) in [5.74, 6) is 0. The monoisotopic (exact) mass is 291 g/mol. The highest BCUT2D eigenvalue weighted by molar-refractivity contribution is 8.00. The summed E-state index contributed by atoms with van der Waals surface area (Å²) in [6.07, 6.45) is 3.01. The van der Waals surface area contributed by atoms with Gasteiger partial charge in [0.25, 0.3) is 0 Å². The van der Waals surface area contributed by atoms with Crippen LogP contribution in [0.1, 0.15) is 24.8 Å². The third-order valence-electron chi connectivity index (χ3n) is 3.44. The van der Waals surface area contributed by atoms with Crippen LogP contribution in [-0.4, -0.2) is 22.8 Å². The SMILES string of the molecule is OCC1(NCc2ccc(SC(F)(F)F)cc2)CCC1. The molecule has 0 heterocycles. The lowest BCUT2D eigenvalue weighted by molar-refractivity contribution is -0.0328.